The predicted molar refractivity (Wildman–Crippen MR) is 128 cm³/mol. The molecular weight excluding hydrogens is 443 g/mol. The van der Waals surface area contributed by atoms with E-state index in [4.69, 9.17) is 16.3 Å². The van der Waals surface area contributed by atoms with Crippen LogP contribution in [0.25, 0.3) is 0 Å². The van der Waals surface area contributed by atoms with Gasteiger partial charge in [0, 0.05) is 48.9 Å². The second-order valence-corrected chi connectivity index (χ2v) is 8.50. The molecule has 1 N–H and O–H groups in total. The second-order valence-electron chi connectivity index (χ2n) is 8.06. The molecule has 5 nitrogen and oxygen atoms in total. The van der Waals surface area contributed by atoms with E-state index in [9.17, 15) is 14.3 Å². The summed E-state index contributed by atoms with van der Waals surface area (Å²) in [7, 11) is 0. The third-order valence-corrected chi connectivity index (χ3v) is 5.95. The minimum atomic E-state index is -0.652. The average Bonchev–Trinajstić information content (AvgIpc) is 2.84. The lowest BCUT2D eigenvalue weighted by atomic mass is 10.0. The molecule has 1 heterocycles. The third kappa shape index (κ3) is 6.11. The molecule has 3 aromatic carbocycles. The van der Waals surface area contributed by atoms with Gasteiger partial charge in [-0.3, -0.25) is 9.69 Å². The maximum absolute atomic E-state index is 14.0. The maximum atomic E-state index is 14.0. The first-order valence-electron chi connectivity index (χ1n) is 10.9. The van der Waals surface area contributed by atoms with Gasteiger partial charge in [0.15, 0.2) is 5.78 Å². The summed E-state index contributed by atoms with van der Waals surface area (Å²) in [6, 6.07) is 20.4. The molecule has 0 unspecified atom stereocenters. The first-order valence-corrected chi connectivity index (χ1v) is 11.3. The van der Waals surface area contributed by atoms with Crippen LogP contribution in [0.3, 0.4) is 0 Å². The van der Waals surface area contributed by atoms with E-state index >= 15 is 0 Å². The highest BCUT2D eigenvalue weighted by molar-refractivity contribution is 6.30. The van der Waals surface area contributed by atoms with Gasteiger partial charge in [-0.15, -0.1) is 0 Å². The minimum Gasteiger partial charge on any atom is -0.491 e. The summed E-state index contributed by atoms with van der Waals surface area (Å²) >= 11 is 5.88. The lowest BCUT2D eigenvalue weighted by Gasteiger charge is -2.36. The zero-order chi connectivity index (χ0) is 23.2. The summed E-state index contributed by atoms with van der Waals surface area (Å²) < 4.78 is 19.7. The first-order chi connectivity index (χ1) is 16.0. The maximum Gasteiger partial charge on any atom is 0.193 e. The van der Waals surface area contributed by atoms with Crippen LogP contribution in [0, 0.1) is 5.82 Å². The third-order valence-electron chi connectivity index (χ3n) is 5.70. The van der Waals surface area contributed by atoms with Gasteiger partial charge in [0.2, 0.25) is 0 Å². The highest BCUT2D eigenvalue weighted by atomic mass is 35.5. The Morgan fingerprint density at radius 1 is 0.939 bits per heavy atom. The molecule has 1 saturated heterocycles. The molecule has 33 heavy (non-hydrogen) atoms. The summed E-state index contributed by atoms with van der Waals surface area (Å²) in [4.78, 5) is 16.7. The number of rotatable bonds is 8. The number of hydrogen-bond donors (Lipinski definition) is 1. The second kappa shape index (κ2) is 10.8. The molecule has 1 fully saturated rings. The Hall–Kier alpha value is -2.93. The fourth-order valence-electron chi connectivity index (χ4n) is 3.89. The van der Waals surface area contributed by atoms with Crippen LogP contribution in [0.4, 0.5) is 10.1 Å². The zero-order valence-corrected chi connectivity index (χ0v) is 18.9. The standard InChI is InChI=1S/C26H26ClFN2O3/c27-21-9-5-19(6-10-21)26(32)20-7-11-23(12-8-20)33-18-22(31)17-29-13-15-30(16-14-29)25-4-2-1-3-24(25)28/h1-12,22,31H,13-18H2/t22-/m0/s1. The van der Waals surface area contributed by atoms with Crippen LogP contribution in [-0.2, 0) is 0 Å². The Morgan fingerprint density at radius 2 is 1.55 bits per heavy atom. The molecule has 0 amide bonds. The van der Waals surface area contributed by atoms with Gasteiger partial charge in [-0.1, -0.05) is 23.7 Å². The molecule has 1 atom stereocenters. The van der Waals surface area contributed by atoms with Crippen molar-refractivity contribution in [2.24, 2.45) is 0 Å². The number of nitrogens with zero attached hydrogens (tertiary/aromatic N) is 2. The van der Waals surface area contributed by atoms with Gasteiger partial charge in [0.05, 0.1) is 5.69 Å². The molecule has 0 radical (unpaired) electrons. The fourth-order valence-corrected chi connectivity index (χ4v) is 4.02. The lowest BCUT2D eigenvalue weighted by Crippen LogP contribution is -2.49. The van der Waals surface area contributed by atoms with Crippen molar-refractivity contribution >= 4 is 23.1 Å². The molecule has 7 heteroatoms. The molecule has 172 valence electrons. The van der Waals surface area contributed by atoms with Gasteiger partial charge < -0.3 is 14.7 Å². The molecule has 0 spiro atoms. The van der Waals surface area contributed by atoms with E-state index < -0.39 is 6.10 Å². The van der Waals surface area contributed by atoms with Crippen LogP contribution in [0.15, 0.2) is 72.8 Å². The van der Waals surface area contributed by atoms with Crippen LogP contribution < -0.4 is 9.64 Å². The summed E-state index contributed by atoms with van der Waals surface area (Å²) in [5.74, 6) is 0.291. The predicted octanol–water partition coefficient (Wildman–Crippen LogP) is 4.27. The molecule has 0 saturated carbocycles. The van der Waals surface area contributed by atoms with E-state index in [1.165, 1.54) is 6.07 Å². The molecule has 0 aliphatic carbocycles. The van der Waals surface area contributed by atoms with E-state index in [-0.39, 0.29) is 18.2 Å². The van der Waals surface area contributed by atoms with Crippen molar-refractivity contribution in [1.29, 1.82) is 0 Å². The lowest BCUT2D eigenvalue weighted by molar-refractivity contribution is 0.0662. The van der Waals surface area contributed by atoms with Gasteiger partial charge in [0.25, 0.3) is 0 Å². The summed E-state index contributed by atoms with van der Waals surface area (Å²) in [5.41, 5.74) is 1.75. The topological polar surface area (TPSA) is 53.0 Å². The number of carbonyl (C=O) groups is 1. The Morgan fingerprint density at radius 3 is 2.18 bits per heavy atom. The zero-order valence-electron chi connectivity index (χ0n) is 18.2. The number of carbonyl (C=O) groups excluding carboxylic acids is 1. The van der Waals surface area contributed by atoms with E-state index in [1.807, 2.05) is 11.0 Å². The number of ether oxygens (including phenoxy) is 1. The SMILES string of the molecule is O=C(c1ccc(Cl)cc1)c1ccc(OC[C@@H](O)CN2CCN(c3ccccc3F)CC2)cc1. The van der Waals surface area contributed by atoms with E-state index in [1.54, 1.807) is 60.7 Å². The largest absolute Gasteiger partial charge is 0.491 e. The van der Waals surface area contributed by atoms with Crippen molar-refractivity contribution < 1.29 is 19.0 Å². The van der Waals surface area contributed by atoms with Crippen LogP contribution in [0.1, 0.15) is 15.9 Å². The van der Waals surface area contributed by atoms with Gasteiger partial charge >= 0.3 is 0 Å². The van der Waals surface area contributed by atoms with E-state index in [0.717, 1.165) is 13.1 Å². The Balaban J connectivity index is 1.22. The molecule has 0 aromatic heterocycles. The highest BCUT2D eigenvalue weighted by Crippen LogP contribution is 2.21. The monoisotopic (exact) mass is 468 g/mol. The number of piperazine rings is 1. The van der Waals surface area contributed by atoms with Crippen LogP contribution >= 0.6 is 11.6 Å². The molecule has 4 rings (SSSR count). The normalized spacial score (nSPS) is 15.3. The van der Waals surface area contributed by atoms with Crippen molar-refractivity contribution in [2.45, 2.75) is 6.10 Å². The van der Waals surface area contributed by atoms with Crippen LogP contribution in [-0.4, -0.2) is 61.2 Å². The number of anilines is 1. The quantitative estimate of drug-likeness (QED) is 0.500. The number of para-hydroxylation sites is 1. The van der Waals surface area contributed by atoms with Crippen LogP contribution in [0.2, 0.25) is 5.02 Å². The van der Waals surface area contributed by atoms with E-state index in [0.29, 0.717) is 47.2 Å². The molecule has 1 aliphatic heterocycles. The minimum absolute atomic E-state index is 0.0900. The van der Waals surface area contributed by atoms with Crippen molar-refractivity contribution in [2.75, 3.05) is 44.2 Å². The van der Waals surface area contributed by atoms with Crippen molar-refractivity contribution in [3.63, 3.8) is 0 Å². The Bertz CT molecular complexity index is 1070. The van der Waals surface area contributed by atoms with Gasteiger partial charge in [0.1, 0.15) is 24.3 Å². The molecular formula is C26H26ClFN2O3. The Kier molecular flexibility index (Phi) is 7.60. The molecule has 3 aromatic rings. The number of β-amino-alcohol motifs (C(OH)–C–C–N with tert-alkyl or cyclic N) is 1. The Labute approximate surface area is 198 Å². The van der Waals surface area contributed by atoms with Crippen LogP contribution in [0.5, 0.6) is 5.75 Å². The number of aliphatic hydroxyl groups is 1. The molecule has 1 aliphatic rings. The summed E-state index contributed by atoms with van der Waals surface area (Å²) in [5, 5.41) is 11.0. The fraction of sp³-hybridized carbons (Fsp3) is 0.269. The number of ketones is 1. The molecule has 0 bridgehead atoms. The highest BCUT2D eigenvalue weighted by Gasteiger charge is 2.21. The van der Waals surface area contributed by atoms with Crippen molar-refractivity contribution in [3.8, 4) is 5.75 Å². The first kappa shape index (κ1) is 23.2. The van der Waals surface area contributed by atoms with Gasteiger partial charge in [-0.05, 0) is 60.7 Å². The van der Waals surface area contributed by atoms with Gasteiger partial charge in [-0.25, -0.2) is 4.39 Å². The van der Waals surface area contributed by atoms with Crippen molar-refractivity contribution in [1.82, 2.24) is 4.90 Å². The average molecular weight is 469 g/mol. The summed E-state index contributed by atoms with van der Waals surface area (Å²) in [6.45, 7) is 3.53. The number of hydrogen-bond acceptors (Lipinski definition) is 5. The smallest absolute Gasteiger partial charge is 0.193 e. The number of benzene rings is 3. The van der Waals surface area contributed by atoms with Gasteiger partial charge in [-0.2, -0.15) is 0 Å². The summed E-state index contributed by atoms with van der Waals surface area (Å²) in [6.07, 6.45) is -0.652. The number of halogens is 2. The van der Waals surface area contributed by atoms with Crippen molar-refractivity contribution in [3.05, 3.63) is 94.8 Å². The van der Waals surface area contributed by atoms with E-state index in [2.05, 4.69) is 4.90 Å². The number of aliphatic hydroxyl groups excluding tert-OH is 1.